The SMILES string of the molecule is CCNCC(COC)C(C)(C)C. The topological polar surface area (TPSA) is 21.3 Å². The first-order valence-electron chi connectivity index (χ1n) is 4.72. The highest BCUT2D eigenvalue weighted by molar-refractivity contribution is 4.75. The Morgan fingerprint density at radius 3 is 2.25 bits per heavy atom. The van der Waals surface area contributed by atoms with Gasteiger partial charge in [-0.15, -0.1) is 0 Å². The first kappa shape index (κ1) is 11.9. The van der Waals surface area contributed by atoms with Gasteiger partial charge in [0.25, 0.3) is 0 Å². The van der Waals surface area contributed by atoms with Crippen LogP contribution in [-0.4, -0.2) is 26.8 Å². The zero-order valence-electron chi connectivity index (χ0n) is 9.11. The normalized spacial score (nSPS) is 14.8. The summed E-state index contributed by atoms with van der Waals surface area (Å²) in [7, 11) is 1.77. The first-order valence-corrected chi connectivity index (χ1v) is 4.72. The highest BCUT2D eigenvalue weighted by atomic mass is 16.5. The van der Waals surface area contributed by atoms with Gasteiger partial charge in [0.15, 0.2) is 0 Å². The monoisotopic (exact) mass is 173 g/mol. The van der Waals surface area contributed by atoms with Gasteiger partial charge in [0, 0.05) is 13.7 Å². The van der Waals surface area contributed by atoms with E-state index in [1.807, 2.05) is 0 Å². The Labute approximate surface area is 76.7 Å². The van der Waals surface area contributed by atoms with Gasteiger partial charge in [-0.05, 0) is 17.9 Å². The van der Waals surface area contributed by atoms with Crippen molar-refractivity contribution in [3.8, 4) is 0 Å². The lowest BCUT2D eigenvalue weighted by molar-refractivity contribution is 0.0899. The summed E-state index contributed by atoms with van der Waals surface area (Å²) in [4.78, 5) is 0. The predicted molar refractivity (Wildman–Crippen MR) is 53.4 cm³/mol. The number of methoxy groups -OCH3 is 1. The molecule has 0 aliphatic rings. The van der Waals surface area contributed by atoms with Crippen molar-refractivity contribution in [3.05, 3.63) is 0 Å². The molecule has 0 saturated carbocycles. The number of hydrogen-bond acceptors (Lipinski definition) is 2. The molecule has 0 aromatic heterocycles. The van der Waals surface area contributed by atoms with E-state index in [-0.39, 0.29) is 0 Å². The second-order valence-corrected chi connectivity index (χ2v) is 4.33. The van der Waals surface area contributed by atoms with Gasteiger partial charge in [-0.3, -0.25) is 0 Å². The molecule has 0 bridgehead atoms. The van der Waals surface area contributed by atoms with Crippen molar-refractivity contribution in [3.63, 3.8) is 0 Å². The van der Waals surface area contributed by atoms with E-state index in [4.69, 9.17) is 4.74 Å². The predicted octanol–water partition coefficient (Wildman–Crippen LogP) is 1.90. The third kappa shape index (κ3) is 4.73. The van der Waals surface area contributed by atoms with Crippen molar-refractivity contribution in [2.24, 2.45) is 11.3 Å². The summed E-state index contributed by atoms with van der Waals surface area (Å²) in [5.74, 6) is 0.599. The second kappa shape index (κ2) is 5.55. The van der Waals surface area contributed by atoms with E-state index >= 15 is 0 Å². The summed E-state index contributed by atoms with van der Waals surface area (Å²) in [6.07, 6.45) is 0. The Balaban J connectivity index is 3.86. The van der Waals surface area contributed by atoms with Gasteiger partial charge >= 0.3 is 0 Å². The number of nitrogens with one attached hydrogen (secondary N) is 1. The fraction of sp³-hybridized carbons (Fsp3) is 1.00. The molecule has 0 aliphatic heterocycles. The molecule has 0 amide bonds. The second-order valence-electron chi connectivity index (χ2n) is 4.33. The molecule has 0 radical (unpaired) electrons. The van der Waals surface area contributed by atoms with E-state index in [1.165, 1.54) is 0 Å². The molecule has 2 heteroatoms. The van der Waals surface area contributed by atoms with Crippen molar-refractivity contribution in [2.45, 2.75) is 27.7 Å². The van der Waals surface area contributed by atoms with Crippen LogP contribution in [0.3, 0.4) is 0 Å². The van der Waals surface area contributed by atoms with Crippen LogP contribution in [0.25, 0.3) is 0 Å². The molecule has 0 spiro atoms. The molecule has 2 nitrogen and oxygen atoms in total. The number of hydrogen-bond donors (Lipinski definition) is 1. The standard InChI is InChI=1S/C10H23NO/c1-6-11-7-9(8-12-5)10(2,3)4/h9,11H,6-8H2,1-5H3. The maximum absolute atomic E-state index is 5.19. The zero-order chi connectivity index (χ0) is 9.61. The Bertz CT molecular complexity index is 107. The fourth-order valence-electron chi connectivity index (χ4n) is 1.13. The summed E-state index contributed by atoms with van der Waals surface area (Å²) in [5, 5.41) is 3.36. The maximum atomic E-state index is 5.19. The van der Waals surface area contributed by atoms with E-state index in [9.17, 15) is 0 Å². The Morgan fingerprint density at radius 1 is 1.33 bits per heavy atom. The maximum Gasteiger partial charge on any atom is 0.0507 e. The van der Waals surface area contributed by atoms with E-state index in [1.54, 1.807) is 7.11 Å². The molecular formula is C10H23NO. The minimum atomic E-state index is 0.332. The molecule has 0 saturated heterocycles. The Hall–Kier alpha value is -0.0800. The lowest BCUT2D eigenvalue weighted by atomic mass is 9.81. The van der Waals surface area contributed by atoms with Gasteiger partial charge in [0.1, 0.15) is 0 Å². The molecule has 0 rings (SSSR count). The molecule has 1 unspecified atom stereocenters. The van der Waals surface area contributed by atoms with Crippen LogP contribution in [0, 0.1) is 11.3 Å². The van der Waals surface area contributed by atoms with Gasteiger partial charge in [-0.1, -0.05) is 27.7 Å². The minimum Gasteiger partial charge on any atom is -0.384 e. The molecular weight excluding hydrogens is 150 g/mol. The van der Waals surface area contributed by atoms with Crippen LogP contribution in [0.4, 0.5) is 0 Å². The third-order valence-electron chi connectivity index (χ3n) is 2.23. The van der Waals surface area contributed by atoms with Gasteiger partial charge in [-0.2, -0.15) is 0 Å². The molecule has 0 aliphatic carbocycles. The van der Waals surface area contributed by atoms with Crippen LogP contribution >= 0.6 is 0 Å². The Morgan fingerprint density at radius 2 is 1.92 bits per heavy atom. The van der Waals surface area contributed by atoms with E-state index in [0.29, 0.717) is 11.3 Å². The van der Waals surface area contributed by atoms with Gasteiger partial charge < -0.3 is 10.1 Å². The molecule has 0 fully saturated rings. The number of ether oxygens (including phenoxy) is 1. The summed E-state index contributed by atoms with van der Waals surface area (Å²) >= 11 is 0. The number of rotatable bonds is 5. The van der Waals surface area contributed by atoms with Gasteiger partial charge in [-0.25, -0.2) is 0 Å². The van der Waals surface area contributed by atoms with Crippen LogP contribution < -0.4 is 5.32 Å². The highest BCUT2D eigenvalue weighted by Gasteiger charge is 2.23. The molecule has 74 valence electrons. The van der Waals surface area contributed by atoms with Crippen LogP contribution in [0.1, 0.15) is 27.7 Å². The molecule has 1 N–H and O–H groups in total. The summed E-state index contributed by atoms with van der Waals surface area (Å²) in [5.41, 5.74) is 0.332. The molecule has 12 heavy (non-hydrogen) atoms. The van der Waals surface area contributed by atoms with Crippen molar-refractivity contribution >= 4 is 0 Å². The van der Waals surface area contributed by atoms with Gasteiger partial charge in [0.05, 0.1) is 6.61 Å². The molecule has 0 aromatic rings. The average Bonchev–Trinajstić information content (AvgIpc) is 1.95. The van der Waals surface area contributed by atoms with Gasteiger partial charge in [0.2, 0.25) is 0 Å². The molecule has 0 heterocycles. The lowest BCUT2D eigenvalue weighted by Crippen LogP contribution is -2.34. The summed E-state index contributed by atoms with van der Waals surface area (Å²) in [6, 6.07) is 0. The lowest BCUT2D eigenvalue weighted by Gasteiger charge is -2.30. The van der Waals surface area contributed by atoms with Crippen molar-refractivity contribution in [2.75, 3.05) is 26.8 Å². The Kier molecular flexibility index (Phi) is 5.51. The van der Waals surface area contributed by atoms with Crippen LogP contribution in [0.2, 0.25) is 0 Å². The van der Waals surface area contributed by atoms with Crippen molar-refractivity contribution < 1.29 is 4.74 Å². The van der Waals surface area contributed by atoms with Crippen LogP contribution in [0.15, 0.2) is 0 Å². The largest absolute Gasteiger partial charge is 0.384 e. The van der Waals surface area contributed by atoms with Crippen molar-refractivity contribution in [1.29, 1.82) is 0 Å². The highest BCUT2D eigenvalue weighted by Crippen LogP contribution is 2.25. The van der Waals surface area contributed by atoms with E-state index < -0.39 is 0 Å². The van der Waals surface area contributed by atoms with E-state index in [2.05, 4.69) is 33.0 Å². The smallest absolute Gasteiger partial charge is 0.0507 e. The first-order chi connectivity index (χ1) is 5.52. The van der Waals surface area contributed by atoms with Crippen molar-refractivity contribution in [1.82, 2.24) is 5.32 Å². The fourth-order valence-corrected chi connectivity index (χ4v) is 1.13. The molecule has 1 atom stereocenters. The van der Waals surface area contributed by atoms with Crippen LogP contribution in [0.5, 0.6) is 0 Å². The quantitative estimate of drug-likeness (QED) is 0.685. The average molecular weight is 173 g/mol. The molecule has 0 aromatic carbocycles. The van der Waals surface area contributed by atoms with Crippen LogP contribution in [-0.2, 0) is 4.74 Å². The zero-order valence-corrected chi connectivity index (χ0v) is 9.11. The summed E-state index contributed by atoms with van der Waals surface area (Å²) < 4.78 is 5.19. The van der Waals surface area contributed by atoms with E-state index in [0.717, 1.165) is 19.7 Å². The summed E-state index contributed by atoms with van der Waals surface area (Å²) in [6.45, 7) is 11.8. The minimum absolute atomic E-state index is 0.332. The third-order valence-corrected chi connectivity index (χ3v) is 2.23.